The molecule has 3 aromatic carbocycles. The van der Waals surface area contributed by atoms with E-state index in [1.54, 1.807) is 30.3 Å². The molecule has 13 heteroatoms. The van der Waals surface area contributed by atoms with Crippen molar-refractivity contribution in [2.75, 3.05) is 23.1 Å². The summed E-state index contributed by atoms with van der Waals surface area (Å²) in [5.74, 6) is -1.29. The molecule has 0 aromatic heterocycles. The third kappa shape index (κ3) is 7.25. The Morgan fingerprint density at radius 2 is 1.56 bits per heavy atom. The molecule has 0 aliphatic carbocycles. The van der Waals surface area contributed by atoms with Crippen LogP contribution >= 0.6 is 34.8 Å². The van der Waals surface area contributed by atoms with Gasteiger partial charge in [0.05, 0.1) is 22.3 Å². The van der Waals surface area contributed by atoms with Gasteiger partial charge in [-0.05, 0) is 73.9 Å². The highest BCUT2D eigenvalue weighted by atomic mass is 35.5. The molecule has 0 spiro atoms. The molecule has 1 saturated heterocycles. The summed E-state index contributed by atoms with van der Waals surface area (Å²) in [6.45, 7) is 2.12. The SMILES string of the molecule is Cc1ccc(NS(=O)(=O)c2ccc(NC(=O)[C@H]3CCCN(S(=O)(=O)Cc4c(Cl)cccc4Cl)C3)cc2)cc1Cl. The first-order valence-corrected chi connectivity index (χ1v) is 16.2. The molecule has 3 aromatic rings. The number of carbonyl (C=O) groups is 1. The lowest BCUT2D eigenvalue weighted by Gasteiger charge is -2.31. The minimum absolute atomic E-state index is 0.00497. The molecular formula is C26H26Cl3N3O5S2. The number of nitrogens with one attached hydrogen (secondary N) is 2. The predicted octanol–water partition coefficient (Wildman–Crippen LogP) is 5.94. The molecule has 2 N–H and O–H groups in total. The van der Waals surface area contributed by atoms with Crippen LogP contribution in [0.25, 0.3) is 0 Å². The van der Waals surface area contributed by atoms with Crippen LogP contribution in [0.2, 0.25) is 15.1 Å². The molecule has 1 aliphatic rings. The van der Waals surface area contributed by atoms with Crippen LogP contribution in [0.15, 0.2) is 65.6 Å². The lowest BCUT2D eigenvalue weighted by Crippen LogP contribution is -2.44. The quantitative estimate of drug-likeness (QED) is 0.320. The van der Waals surface area contributed by atoms with Crippen molar-refractivity contribution >= 4 is 72.1 Å². The van der Waals surface area contributed by atoms with Crippen molar-refractivity contribution in [3.05, 3.63) is 86.9 Å². The van der Waals surface area contributed by atoms with E-state index in [0.717, 1.165) is 5.56 Å². The van der Waals surface area contributed by atoms with Crippen molar-refractivity contribution in [3.8, 4) is 0 Å². The van der Waals surface area contributed by atoms with E-state index >= 15 is 0 Å². The molecule has 1 amide bonds. The average molecular weight is 631 g/mol. The number of hydrogen-bond donors (Lipinski definition) is 2. The Kier molecular flexibility index (Phi) is 9.15. The number of hydrogen-bond acceptors (Lipinski definition) is 5. The summed E-state index contributed by atoms with van der Waals surface area (Å²) >= 11 is 18.4. The maximum Gasteiger partial charge on any atom is 0.261 e. The number of nitrogens with zero attached hydrogens (tertiary/aromatic N) is 1. The minimum atomic E-state index is -3.88. The van der Waals surface area contributed by atoms with Crippen LogP contribution in [0.3, 0.4) is 0 Å². The van der Waals surface area contributed by atoms with E-state index in [1.165, 1.54) is 34.6 Å². The van der Waals surface area contributed by atoms with Crippen molar-refractivity contribution in [1.82, 2.24) is 4.31 Å². The molecule has 1 fully saturated rings. The largest absolute Gasteiger partial charge is 0.326 e. The van der Waals surface area contributed by atoms with Gasteiger partial charge in [-0.3, -0.25) is 9.52 Å². The van der Waals surface area contributed by atoms with Crippen LogP contribution in [-0.2, 0) is 30.6 Å². The summed E-state index contributed by atoms with van der Waals surface area (Å²) < 4.78 is 55.5. The predicted molar refractivity (Wildman–Crippen MR) is 155 cm³/mol. The van der Waals surface area contributed by atoms with Crippen LogP contribution < -0.4 is 10.0 Å². The zero-order chi connectivity index (χ0) is 28.4. The molecule has 1 aliphatic heterocycles. The normalized spacial score (nSPS) is 16.6. The van der Waals surface area contributed by atoms with Gasteiger partial charge in [-0.2, -0.15) is 0 Å². The Hall–Kier alpha value is -2.34. The summed E-state index contributed by atoms with van der Waals surface area (Å²) in [7, 11) is -7.65. The van der Waals surface area contributed by atoms with Gasteiger partial charge in [0, 0.05) is 39.4 Å². The first kappa shape index (κ1) is 29.6. The van der Waals surface area contributed by atoms with Crippen molar-refractivity contribution in [2.45, 2.75) is 30.4 Å². The van der Waals surface area contributed by atoms with Crippen LogP contribution in [-0.4, -0.2) is 40.1 Å². The van der Waals surface area contributed by atoms with Crippen LogP contribution in [0.5, 0.6) is 0 Å². The maximum absolute atomic E-state index is 13.1. The van der Waals surface area contributed by atoms with Gasteiger partial charge >= 0.3 is 0 Å². The molecule has 39 heavy (non-hydrogen) atoms. The van der Waals surface area contributed by atoms with Gasteiger partial charge in [0.1, 0.15) is 0 Å². The highest BCUT2D eigenvalue weighted by Crippen LogP contribution is 2.29. The average Bonchev–Trinajstić information content (AvgIpc) is 2.89. The topological polar surface area (TPSA) is 113 Å². The van der Waals surface area contributed by atoms with Crippen LogP contribution in [0.4, 0.5) is 11.4 Å². The molecule has 1 heterocycles. The van der Waals surface area contributed by atoms with Crippen LogP contribution in [0.1, 0.15) is 24.0 Å². The number of aryl methyl sites for hydroxylation is 1. The van der Waals surface area contributed by atoms with E-state index in [4.69, 9.17) is 34.8 Å². The Balaban J connectivity index is 1.40. The number of sulfonamides is 2. The van der Waals surface area contributed by atoms with Crippen molar-refractivity contribution in [2.24, 2.45) is 5.92 Å². The second kappa shape index (κ2) is 12.0. The van der Waals surface area contributed by atoms with Gasteiger partial charge in [0.15, 0.2) is 0 Å². The number of piperidine rings is 1. The number of rotatable bonds is 8. The Labute approximate surface area is 243 Å². The molecule has 1 atom stereocenters. The second-order valence-corrected chi connectivity index (χ2v) is 14.1. The van der Waals surface area contributed by atoms with Gasteiger partial charge in [0.2, 0.25) is 15.9 Å². The number of benzene rings is 3. The molecule has 0 radical (unpaired) electrons. The first-order chi connectivity index (χ1) is 18.4. The standard InChI is InChI=1S/C26H26Cl3N3O5S2/c1-17-7-8-20(14-25(17)29)31-39(36,37)21-11-9-19(10-12-21)30-26(33)18-4-3-13-32(15-18)38(34,35)16-22-23(27)5-2-6-24(22)28/h2,5-12,14,18,31H,3-4,13,15-16H2,1H3,(H,30,33)/t18-/m0/s1. The molecule has 208 valence electrons. The van der Waals surface area contributed by atoms with Crippen LogP contribution in [0, 0.1) is 12.8 Å². The number of anilines is 2. The molecule has 0 saturated carbocycles. The summed E-state index contributed by atoms with van der Waals surface area (Å²) in [4.78, 5) is 13.0. The Morgan fingerprint density at radius 3 is 2.21 bits per heavy atom. The molecule has 0 unspecified atom stereocenters. The van der Waals surface area contributed by atoms with E-state index < -0.39 is 26.0 Å². The van der Waals surface area contributed by atoms with Gasteiger partial charge in [-0.1, -0.05) is 46.9 Å². The first-order valence-electron chi connectivity index (χ1n) is 12.0. The van der Waals surface area contributed by atoms with Gasteiger partial charge in [0.25, 0.3) is 10.0 Å². The van der Waals surface area contributed by atoms with E-state index in [2.05, 4.69) is 10.0 Å². The third-order valence-corrected chi connectivity index (χ3v) is 10.7. The zero-order valence-electron chi connectivity index (χ0n) is 20.8. The fourth-order valence-corrected chi connectivity index (χ4v) is 7.78. The molecule has 4 rings (SSSR count). The number of halogens is 3. The molecular weight excluding hydrogens is 605 g/mol. The second-order valence-electron chi connectivity index (χ2n) is 9.24. The van der Waals surface area contributed by atoms with E-state index in [0.29, 0.717) is 41.3 Å². The van der Waals surface area contributed by atoms with Crippen molar-refractivity contribution < 1.29 is 21.6 Å². The van der Waals surface area contributed by atoms with Crippen molar-refractivity contribution in [3.63, 3.8) is 0 Å². The maximum atomic E-state index is 13.1. The zero-order valence-corrected chi connectivity index (χ0v) is 24.7. The van der Waals surface area contributed by atoms with Gasteiger partial charge in [-0.15, -0.1) is 0 Å². The van der Waals surface area contributed by atoms with Gasteiger partial charge < -0.3 is 5.32 Å². The highest BCUT2D eigenvalue weighted by Gasteiger charge is 2.33. The van der Waals surface area contributed by atoms with E-state index in [9.17, 15) is 21.6 Å². The fraction of sp³-hybridized carbons (Fsp3) is 0.269. The summed E-state index contributed by atoms with van der Waals surface area (Å²) in [6, 6.07) is 15.4. The third-order valence-electron chi connectivity index (χ3n) is 6.39. The van der Waals surface area contributed by atoms with E-state index in [1.807, 2.05) is 6.92 Å². The smallest absolute Gasteiger partial charge is 0.261 e. The van der Waals surface area contributed by atoms with Crippen molar-refractivity contribution in [1.29, 1.82) is 0 Å². The van der Waals surface area contributed by atoms with E-state index in [-0.39, 0.29) is 33.1 Å². The van der Waals surface area contributed by atoms with Gasteiger partial charge in [-0.25, -0.2) is 21.1 Å². The monoisotopic (exact) mass is 629 g/mol. The number of amides is 1. The Bertz CT molecular complexity index is 1580. The number of carbonyl (C=O) groups excluding carboxylic acids is 1. The molecule has 8 nitrogen and oxygen atoms in total. The lowest BCUT2D eigenvalue weighted by molar-refractivity contribution is -0.120. The summed E-state index contributed by atoms with van der Waals surface area (Å²) in [5.41, 5.74) is 1.86. The molecule has 0 bridgehead atoms. The lowest BCUT2D eigenvalue weighted by atomic mass is 9.99. The summed E-state index contributed by atoms with van der Waals surface area (Å²) in [5, 5.41) is 3.73. The minimum Gasteiger partial charge on any atom is -0.326 e. The Morgan fingerprint density at radius 1 is 0.923 bits per heavy atom. The summed E-state index contributed by atoms with van der Waals surface area (Å²) in [6.07, 6.45) is 1.03. The highest BCUT2D eigenvalue weighted by molar-refractivity contribution is 7.92. The fourth-order valence-electron chi connectivity index (χ4n) is 4.19.